The fourth-order valence-electron chi connectivity index (χ4n) is 2.70. The first kappa shape index (κ1) is 16.9. The van der Waals surface area contributed by atoms with Gasteiger partial charge in [-0.05, 0) is 24.1 Å². The van der Waals surface area contributed by atoms with Crippen LogP contribution in [0.4, 0.5) is 4.79 Å². The first-order valence-corrected chi connectivity index (χ1v) is 8.18. The summed E-state index contributed by atoms with van der Waals surface area (Å²) in [7, 11) is 0. The van der Waals surface area contributed by atoms with Crippen LogP contribution in [0.1, 0.15) is 18.1 Å². The number of aliphatic hydroxyl groups is 1. The van der Waals surface area contributed by atoms with Crippen molar-refractivity contribution in [3.63, 3.8) is 0 Å². The lowest BCUT2D eigenvalue weighted by Crippen LogP contribution is -2.43. The topological polar surface area (TPSA) is 74.2 Å². The van der Waals surface area contributed by atoms with Gasteiger partial charge in [-0.25, -0.2) is 4.79 Å². The fourth-order valence-corrected chi connectivity index (χ4v) is 2.70. The van der Waals surface area contributed by atoms with Crippen molar-refractivity contribution in [2.75, 3.05) is 6.54 Å². The van der Waals surface area contributed by atoms with Gasteiger partial charge >= 0.3 is 6.03 Å². The van der Waals surface area contributed by atoms with Gasteiger partial charge in [-0.15, -0.1) is 0 Å². The number of aromatic nitrogens is 1. The Morgan fingerprint density at radius 1 is 1.04 bits per heavy atom. The van der Waals surface area contributed by atoms with E-state index >= 15 is 0 Å². The fraction of sp³-hybridized carbons (Fsp3) is 0.200. The standard InChI is InChI=1S/C20H21N3O2/c1-20(25,17-10-3-2-4-11-17)14-23-19(24)22-13-16-8-5-7-15-9-6-12-21-18(15)16/h2-12,25H,13-14H2,1H3,(H2,22,23,24). The molecule has 1 atom stereocenters. The molecule has 1 heterocycles. The van der Waals surface area contributed by atoms with E-state index in [1.807, 2.05) is 60.7 Å². The quantitative estimate of drug-likeness (QED) is 0.671. The Bertz CT molecular complexity index is 858. The number of carbonyl (C=O) groups excluding carboxylic acids is 1. The summed E-state index contributed by atoms with van der Waals surface area (Å²) in [5.74, 6) is 0. The third-order valence-electron chi connectivity index (χ3n) is 4.14. The number of nitrogens with zero attached hydrogens (tertiary/aromatic N) is 1. The Labute approximate surface area is 146 Å². The van der Waals surface area contributed by atoms with E-state index < -0.39 is 5.60 Å². The van der Waals surface area contributed by atoms with Crippen LogP contribution in [-0.2, 0) is 12.1 Å². The number of para-hydroxylation sites is 1. The van der Waals surface area contributed by atoms with Crippen molar-refractivity contribution < 1.29 is 9.90 Å². The van der Waals surface area contributed by atoms with E-state index in [0.29, 0.717) is 6.54 Å². The number of hydrogen-bond acceptors (Lipinski definition) is 3. The normalized spacial score (nSPS) is 13.2. The molecule has 0 aliphatic carbocycles. The highest BCUT2D eigenvalue weighted by atomic mass is 16.3. The lowest BCUT2D eigenvalue weighted by Gasteiger charge is -2.24. The summed E-state index contributed by atoms with van der Waals surface area (Å²) in [6, 6.07) is 18.7. The Morgan fingerprint density at radius 3 is 2.60 bits per heavy atom. The van der Waals surface area contributed by atoms with Crippen LogP contribution in [0.5, 0.6) is 0 Å². The van der Waals surface area contributed by atoms with Gasteiger partial charge in [0.1, 0.15) is 5.60 Å². The Balaban J connectivity index is 1.58. The van der Waals surface area contributed by atoms with Crippen molar-refractivity contribution in [2.24, 2.45) is 0 Å². The minimum absolute atomic E-state index is 0.122. The maximum Gasteiger partial charge on any atom is 0.315 e. The van der Waals surface area contributed by atoms with Crippen molar-refractivity contribution in [1.82, 2.24) is 15.6 Å². The van der Waals surface area contributed by atoms with Crippen molar-refractivity contribution >= 4 is 16.9 Å². The van der Waals surface area contributed by atoms with Crippen molar-refractivity contribution in [1.29, 1.82) is 0 Å². The zero-order valence-electron chi connectivity index (χ0n) is 14.1. The molecule has 0 aliphatic rings. The average Bonchev–Trinajstić information content (AvgIpc) is 2.65. The van der Waals surface area contributed by atoms with E-state index in [0.717, 1.165) is 22.0 Å². The molecule has 3 rings (SSSR count). The van der Waals surface area contributed by atoms with Crippen LogP contribution in [0.2, 0.25) is 0 Å². The van der Waals surface area contributed by atoms with Gasteiger partial charge in [0, 0.05) is 18.1 Å². The summed E-state index contributed by atoms with van der Waals surface area (Å²) in [4.78, 5) is 16.4. The number of carbonyl (C=O) groups is 1. The molecule has 0 saturated heterocycles. The maximum absolute atomic E-state index is 12.1. The lowest BCUT2D eigenvalue weighted by molar-refractivity contribution is 0.0594. The van der Waals surface area contributed by atoms with E-state index in [4.69, 9.17) is 0 Å². The van der Waals surface area contributed by atoms with Gasteiger partial charge < -0.3 is 15.7 Å². The Hall–Kier alpha value is -2.92. The molecule has 0 spiro atoms. The highest BCUT2D eigenvalue weighted by Crippen LogP contribution is 2.19. The molecule has 1 unspecified atom stereocenters. The molecule has 128 valence electrons. The number of rotatable bonds is 5. The summed E-state index contributed by atoms with van der Waals surface area (Å²) in [5, 5.41) is 17.1. The monoisotopic (exact) mass is 335 g/mol. The molecule has 0 saturated carbocycles. The summed E-state index contributed by atoms with van der Waals surface area (Å²) < 4.78 is 0. The molecule has 0 aliphatic heterocycles. The molecule has 0 bridgehead atoms. The zero-order valence-corrected chi connectivity index (χ0v) is 14.1. The number of fused-ring (bicyclic) bond motifs is 1. The summed E-state index contributed by atoms with van der Waals surface area (Å²) in [6.07, 6.45) is 1.74. The highest BCUT2D eigenvalue weighted by molar-refractivity contribution is 5.82. The molecule has 2 aromatic carbocycles. The Kier molecular flexibility index (Phi) is 4.95. The van der Waals surface area contributed by atoms with Gasteiger partial charge in [-0.3, -0.25) is 4.98 Å². The molecule has 5 nitrogen and oxygen atoms in total. The van der Waals surface area contributed by atoms with E-state index in [-0.39, 0.29) is 12.6 Å². The van der Waals surface area contributed by atoms with Crippen molar-refractivity contribution in [3.8, 4) is 0 Å². The molecule has 1 aromatic heterocycles. The highest BCUT2D eigenvalue weighted by Gasteiger charge is 2.23. The molecule has 2 amide bonds. The van der Waals surface area contributed by atoms with E-state index in [2.05, 4.69) is 15.6 Å². The van der Waals surface area contributed by atoms with Crippen LogP contribution in [0, 0.1) is 0 Å². The van der Waals surface area contributed by atoms with Gasteiger partial charge in [0.05, 0.1) is 12.1 Å². The number of pyridine rings is 1. The van der Waals surface area contributed by atoms with E-state index in [9.17, 15) is 9.90 Å². The van der Waals surface area contributed by atoms with Crippen LogP contribution in [0.15, 0.2) is 66.9 Å². The molecule has 25 heavy (non-hydrogen) atoms. The SMILES string of the molecule is CC(O)(CNC(=O)NCc1cccc2cccnc12)c1ccccc1. The smallest absolute Gasteiger partial charge is 0.315 e. The van der Waals surface area contributed by atoms with Crippen LogP contribution in [-0.4, -0.2) is 22.7 Å². The predicted molar refractivity (Wildman–Crippen MR) is 98.0 cm³/mol. The minimum atomic E-state index is -1.13. The van der Waals surface area contributed by atoms with Gasteiger partial charge in [-0.1, -0.05) is 54.6 Å². The number of benzene rings is 2. The molecule has 3 aromatic rings. The largest absolute Gasteiger partial charge is 0.384 e. The van der Waals surface area contributed by atoms with Crippen molar-refractivity contribution in [2.45, 2.75) is 19.1 Å². The first-order chi connectivity index (χ1) is 12.1. The third-order valence-corrected chi connectivity index (χ3v) is 4.14. The van der Waals surface area contributed by atoms with Crippen LogP contribution < -0.4 is 10.6 Å². The Morgan fingerprint density at radius 2 is 1.80 bits per heavy atom. The lowest BCUT2D eigenvalue weighted by atomic mass is 9.96. The van der Waals surface area contributed by atoms with Crippen LogP contribution >= 0.6 is 0 Å². The second-order valence-electron chi connectivity index (χ2n) is 6.17. The van der Waals surface area contributed by atoms with Crippen LogP contribution in [0.3, 0.4) is 0 Å². The zero-order chi connectivity index (χ0) is 17.7. The van der Waals surface area contributed by atoms with Gasteiger partial charge in [0.2, 0.25) is 0 Å². The predicted octanol–water partition coefficient (Wildman–Crippen LogP) is 2.94. The van der Waals surface area contributed by atoms with Gasteiger partial charge in [0.15, 0.2) is 0 Å². The van der Waals surface area contributed by atoms with Crippen LogP contribution in [0.25, 0.3) is 10.9 Å². The van der Waals surface area contributed by atoms with Crippen molar-refractivity contribution in [3.05, 3.63) is 78.0 Å². The number of nitrogens with one attached hydrogen (secondary N) is 2. The molecular formula is C20H21N3O2. The minimum Gasteiger partial charge on any atom is -0.384 e. The molecule has 5 heteroatoms. The average molecular weight is 335 g/mol. The maximum atomic E-state index is 12.1. The molecule has 0 radical (unpaired) electrons. The summed E-state index contributed by atoms with van der Waals surface area (Å²) in [5.41, 5.74) is 1.46. The van der Waals surface area contributed by atoms with E-state index in [1.165, 1.54) is 0 Å². The number of amides is 2. The number of hydrogen-bond donors (Lipinski definition) is 3. The van der Waals surface area contributed by atoms with Gasteiger partial charge in [0.25, 0.3) is 0 Å². The number of urea groups is 1. The summed E-state index contributed by atoms with van der Waals surface area (Å²) >= 11 is 0. The molecule has 0 fully saturated rings. The second kappa shape index (κ2) is 7.32. The summed E-state index contributed by atoms with van der Waals surface area (Å²) in [6.45, 7) is 2.17. The van der Waals surface area contributed by atoms with Gasteiger partial charge in [-0.2, -0.15) is 0 Å². The second-order valence-corrected chi connectivity index (χ2v) is 6.17. The first-order valence-electron chi connectivity index (χ1n) is 8.18. The molecule has 3 N–H and O–H groups in total. The van der Waals surface area contributed by atoms with E-state index in [1.54, 1.807) is 13.1 Å². The third kappa shape index (κ3) is 4.14. The molecular weight excluding hydrogens is 314 g/mol.